The standard InChI is InChI=1S/C21H13FO3/c22-19-8-4-1-5-14(19)12-25-21(24)13-9-10-17-18(11-13)15-6-2-3-7-16(15)20(17)23/h1-11H,12H2. The van der Waals surface area contributed by atoms with Gasteiger partial charge in [-0.05, 0) is 35.4 Å². The number of benzene rings is 3. The maximum atomic E-state index is 13.6. The van der Waals surface area contributed by atoms with E-state index in [0.717, 1.165) is 11.1 Å². The summed E-state index contributed by atoms with van der Waals surface area (Å²) in [5.41, 5.74) is 3.39. The van der Waals surface area contributed by atoms with Gasteiger partial charge in [-0.25, -0.2) is 9.18 Å². The zero-order valence-corrected chi connectivity index (χ0v) is 13.2. The van der Waals surface area contributed by atoms with E-state index in [0.29, 0.717) is 22.3 Å². The van der Waals surface area contributed by atoms with Gasteiger partial charge in [-0.3, -0.25) is 4.79 Å². The van der Waals surface area contributed by atoms with Crippen molar-refractivity contribution in [2.24, 2.45) is 0 Å². The summed E-state index contributed by atoms with van der Waals surface area (Å²) < 4.78 is 18.8. The number of esters is 1. The van der Waals surface area contributed by atoms with E-state index < -0.39 is 11.8 Å². The lowest BCUT2D eigenvalue weighted by Crippen LogP contribution is -2.07. The fourth-order valence-corrected chi connectivity index (χ4v) is 3.00. The van der Waals surface area contributed by atoms with Gasteiger partial charge in [0.15, 0.2) is 5.78 Å². The van der Waals surface area contributed by atoms with Gasteiger partial charge in [0, 0.05) is 16.7 Å². The second-order valence-corrected chi connectivity index (χ2v) is 5.80. The number of ketones is 1. The van der Waals surface area contributed by atoms with Crippen molar-refractivity contribution in [3.05, 3.63) is 94.8 Å². The van der Waals surface area contributed by atoms with Crippen molar-refractivity contribution in [3.63, 3.8) is 0 Å². The van der Waals surface area contributed by atoms with Crippen molar-refractivity contribution < 1.29 is 18.7 Å². The molecule has 0 bridgehead atoms. The van der Waals surface area contributed by atoms with Crippen LogP contribution in [0.4, 0.5) is 4.39 Å². The highest BCUT2D eigenvalue weighted by Crippen LogP contribution is 2.36. The second-order valence-electron chi connectivity index (χ2n) is 5.80. The molecule has 0 atom stereocenters. The molecule has 1 aliphatic rings. The number of halogens is 1. The molecule has 4 heteroatoms. The number of fused-ring (bicyclic) bond motifs is 3. The van der Waals surface area contributed by atoms with Crippen molar-refractivity contribution in [1.82, 2.24) is 0 Å². The third-order valence-corrected chi connectivity index (χ3v) is 4.28. The number of ether oxygens (including phenoxy) is 1. The Labute approximate surface area is 143 Å². The Hall–Kier alpha value is -3.27. The minimum atomic E-state index is -0.553. The van der Waals surface area contributed by atoms with Gasteiger partial charge in [0.2, 0.25) is 0 Å². The SMILES string of the molecule is O=C(OCc1ccccc1F)c1ccc2c(c1)-c1ccccc1C2=O. The Morgan fingerprint density at radius 1 is 0.840 bits per heavy atom. The molecular formula is C21H13FO3. The lowest BCUT2D eigenvalue weighted by Gasteiger charge is -2.07. The van der Waals surface area contributed by atoms with Crippen LogP contribution in [0.2, 0.25) is 0 Å². The van der Waals surface area contributed by atoms with Gasteiger partial charge in [0.1, 0.15) is 12.4 Å². The molecule has 0 N–H and O–H groups in total. The molecule has 0 aromatic heterocycles. The average molecular weight is 332 g/mol. The van der Waals surface area contributed by atoms with Gasteiger partial charge < -0.3 is 4.74 Å². The van der Waals surface area contributed by atoms with Crippen molar-refractivity contribution >= 4 is 11.8 Å². The molecule has 1 aliphatic carbocycles. The Balaban J connectivity index is 1.60. The molecular weight excluding hydrogens is 319 g/mol. The van der Waals surface area contributed by atoms with E-state index in [9.17, 15) is 14.0 Å². The summed E-state index contributed by atoms with van der Waals surface area (Å²) in [7, 11) is 0. The monoisotopic (exact) mass is 332 g/mol. The topological polar surface area (TPSA) is 43.4 Å². The highest BCUT2D eigenvalue weighted by Gasteiger charge is 2.27. The highest BCUT2D eigenvalue weighted by atomic mass is 19.1. The molecule has 4 rings (SSSR count). The van der Waals surface area contributed by atoms with E-state index in [-0.39, 0.29) is 12.4 Å². The predicted molar refractivity (Wildman–Crippen MR) is 90.8 cm³/mol. The molecule has 3 nitrogen and oxygen atoms in total. The van der Waals surface area contributed by atoms with Crippen LogP contribution in [-0.4, -0.2) is 11.8 Å². The van der Waals surface area contributed by atoms with Gasteiger partial charge in [0.25, 0.3) is 0 Å². The third kappa shape index (κ3) is 2.62. The molecule has 0 unspecified atom stereocenters. The third-order valence-electron chi connectivity index (χ3n) is 4.28. The first-order chi connectivity index (χ1) is 12.1. The van der Waals surface area contributed by atoms with Crippen LogP contribution >= 0.6 is 0 Å². The zero-order chi connectivity index (χ0) is 17.4. The molecule has 0 amide bonds. The summed E-state index contributed by atoms with van der Waals surface area (Å²) in [5.74, 6) is -1.01. The van der Waals surface area contributed by atoms with Crippen LogP contribution in [-0.2, 0) is 11.3 Å². The Kier molecular flexibility index (Phi) is 3.65. The molecule has 0 fully saturated rings. The molecule has 0 heterocycles. The van der Waals surface area contributed by atoms with Crippen LogP contribution < -0.4 is 0 Å². The quantitative estimate of drug-likeness (QED) is 0.523. The average Bonchev–Trinajstić information content (AvgIpc) is 2.93. The minimum Gasteiger partial charge on any atom is -0.457 e. The lowest BCUT2D eigenvalue weighted by molar-refractivity contribution is 0.0469. The second kappa shape index (κ2) is 5.98. The Bertz CT molecular complexity index is 1010. The number of hydrogen-bond acceptors (Lipinski definition) is 3. The van der Waals surface area contributed by atoms with Gasteiger partial charge in [-0.15, -0.1) is 0 Å². The largest absolute Gasteiger partial charge is 0.457 e. The van der Waals surface area contributed by atoms with E-state index in [1.165, 1.54) is 6.07 Å². The van der Waals surface area contributed by atoms with Crippen LogP contribution in [0.25, 0.3) is 11.1 Å². The smallest absolute Gasteiger partial charge is 0.338 e. The van der Waals surface area contributed by atoms with Gasteiger partial charge in [-0.2, -0.15) is 0 Å². The number of carbonyl (C=O) groups is 2. The summed E-state index contributed by atoms with van der Waals surface area (Å²) >= 11 is 0. The molecule has 0 radical (unpaired) electrons. The van der Waals surface area contributed by atoms with Crippen molar-refractivity contribution in [2.75, 3.05) is 0 Å². The summed E-state index contributed by atoms with van der Waals surface area (Å²) in [6, 6.07) is 18.3. The normalized spacial score (nSPS) is 11.8. The van der Waals surface area contributed by atoms with Gasteiger partial charge >= 0.3 is 5.97 Å². The molecule has 122 valence electrons. The molecule has 0 aliphatic heterocycles. The number of rotatable bonds is 3. The fourth-order valence-electron chi connectivity index (χ4n) is 3.00. The number of carbonyl (C=O) groups excluding carboxylic acids is 2. The van der Waals surface area contributed by atoms with Crippen molar-refractivity contribution in [2.45, 2.75) is 6.61 Å². The fraction of sp³-hybridized carbons (Fsp3) is 0.0476. The number of hydrogen-bond donors (Lipinski definition) is 0. The summed E-state index contributed by atoms with van der Waals surface area (Å²) in [6.45, 7) is -0.141. The van der Waals surface area contributed by atoms with Crippen molar-refractivity contribution in [1.29, 1.82) is 0 Å². The summed E-state index contributed by atoms with van der Waals surface area (Å²) in [4.78, 5) is 24.7. The van der Waals surface area contributed by atoms with E-state index in [4.69, 9.17) is 4.74 Å². The molecule has 0 saturated carbocycles. The molecule has 0 saturated heterocycles. The van der Waals surface area contributed by atoms with Gasteiger partial charge in [-0.1, -0.05) is 42.5 Å². The van der Waals surface area contributed by atoms with Crippen LogP contribution in [0.15, 0.2) is 66.7 Å². The molecule has 25 heavy (non-hydrogen) atoms. The van der Waals surface area contributed by atoms with Crippen LogP contribution in [0.3, 0.4) is 0 Å². The van der Waals surface area contributed by atoms with Crippen LogP contribution in [0, 0.1) is 5.82 Å². The van der Waals surface area contributed by atoms with Crippen molar-refractivity contribution in [3.8, 4) is 11.1 Å². The first-order valence-corrected chi connectivity index (χ1v) is 7.84. The summed E-state index contributed by atoms with van der Waals surface area (Å²) in [6.07, 6.45) is 0. The predicted octanol–water partition coefficient (Wildman–Crippen LogP) is 4.39. The maximum Gasteiger partial charge on any atom is 0.338 e. The Morgan fingerprint density at radius 3 is 2.32 bits per heavy atom. The first kappa shape index (κ1) is 15.3. The zero-order valence-electron chi connectivity index (χ0n) is 13.2. The lowest BCUT2D eigenvalue weighted by atomic mass is 10.0. The minimum absolute atomic E-state index is 0.0446. The maximum absolute atomic E-state index is 13.6. The van der Waals surface area contributed by atoms with E-state index in [1.807, 2.05) is 18.2 Å². The first-order valence-electron chi connectivity index (χ1n) is 7.84. The highest BCUT2D eigenvalue weighted by molar-refractivity contribution is 6.22. The molecule has 3 aromatic rings. The van der Waals surface area contributed by atoms with Crippen LogP contribution in [0.5, 0.6) is 0 Å². The van der Waals surface area contributed by atoms with Crippen LogP contribution in [0.1, 0.15) is 31.8 Å². The van der Waals surface area contributed by atoms with E-state index in [2.05, 4.69) is 0 Å². The summed E-state index contributed by atoms with van der Waals surface area (Å²) in [5, 5.41) is 0. The van der Waals surface area contributed by atoms with Gasteiger partial charge in [0.05, 0.1) is 5.56 Å². The Morgan fingerprint density at radius 2 is 1.52 bits per heavy atom. The molecule has 3 aromatic carbocycles. The van der Waals surface area contributed by atoms with E-state index in [1.54, 1.807) is 42.5 Å². The van der Waals surface area contributed by atoms with E-state index >= 15 is 0 Å². The molecule has 0 spiro atoms.